The minimum Gasteiger partial charge on any atom is -0.344 e. The zero-order chi connectivity index (χ0) is 14.0. The topological polar surface area (TPSA) is 112 Å². The van der Waals surface area contributed by atoms with Crippen LogP contribution in [0.15, 0.2) is 0 Å². The van der Waals surface area contributed by atoms with Crippen molar-refractivity contribution in [3.05, 3.63) is 0 Å². The van der Waals surface area contributed by atoms with Gasteiger partial charge in [-0.25, -0.2) is 0 Å². The molecule has 3 N–H and O–H groups in total. The highest BCUT2D eigenvalue weighted by Gasteiger charge is 2.16. The minimum atomic E-state index is -3.09. The van der Waals surface area contributed by atoms with E-state index in [1.165, 1.54) is 20.0 Å². The molecule has 0 saturated carbocycles. The van der Waals surface area contributed by atoms with Crippen LogP contribution in [0.4, 0.5) is 0 Å². The average Bonchev–Trinajstić information content (AvgIpc) is 2.01. The van der Waals surface area contributed by atoms with Crippen LogP contribution in [0.5, 0.6) is 0 Å². The summed E-state index contributed by atoms with van der Waals surface area (Å²) in [5, 5.41) is 0. The summed E-state index contributed by atoms with van der Waals surface area (Å²) in [5.41, 5.74) is 0. The fraction of sp³-hybridized carbons (Fsp3) is 0.714. The highest BCUT2D eigenvalue weighted by Crippen LogP contribution is 2.43. The molecule has 16 heavy (non-hydrogen) atoms. The van der Waals surface area contributed by atoms with Crippen molar-refractivity contribution >= 4 is 22.8 Å². The third-order valence-corrected chi connectivity index (χ3v) is 3.39. The van der Waals surface area contributed by atoms with Crippen LogP contribution in [-0.2, 0) is 13.7 Å². The molecule has 0 rings (SSSR count). The predicted octanol–water partition coefficient (Wildman–Crippen LogP) is 1.39. The van der Waals surface area contributed by atoms with Crippen LogP contribution in [0.2, 0.25) is 0 Å². The van der Waals surface area contributed by atoms with Crippen molar-refractivity contribution in [2.24, 2.45) is 0 Å². The Morgan fingerprint density at radius 2 is 1.19 bits per heavy atom. The van der Waals surface area contributed by atoms with Gasteiger partial charge in [0.1, 0.15) is 0 Å². The van der Waals surface area contributed by atoms with Gasteiger partial charge in [-0.15, -0.1) is 12.8 Å². The van der Waals surface area contributed by atoms with E-state index in [4.69, 9.17) is 19.2 Å². The van der Waals surface area contributed by atoms with E-state index in [-0.39, 0.29) is 12.3 Å². The third-order valence-electron chi connectivity index (χ3n) is 0.930. The molecule has 0 saturated heterocycles. The zero-order valence-corrected chi connectivity index (χ0v) is 12.2. The lowest BCUT2D eigenvalue weighted by Gasteiger charge is -2.06. The lowest BCUT2D eigenvalue weighted by molar-refractivity contribution is 0.474. The molecule has 9 heteroatoms. The van der Waals surface area contributed by atoms with Gasteiger partial charge in [-0.05, 0) is 4.57 Å². The van der Waals surface area contributed by atoms with Gasteiger partial charge in [-0.2, -0.15) is 4.89 Å². The molecule has 0 amide bonds. The van der Waals surface area contributed by atoms with Gasteiger partial charge < -0.3 is 9.79 Å². The first kappa shape index (κ1) is 21.3. The molecule has 0 bridgehead atoms. The van der Waals surface area contributed by atoms with E-state index in [9.17, 15) is 9.13 Å². The lowest BCUT2D eigenvalue weighted by atomic mass is 11.0. The monoisotopic (exact) mass is 291 g/mol. The zero-order valence-electron chi connectivity index (χ0n) is 9.48. The van der Waals surface area contributed by atoms with Gasteiger partial charge in [-0.1, -0.05) is 0 Å². The molecule has 0 aliphatic heterocycles. The standard InChI is InChI=1S/C4H12O4P2.C2H2.CH3O2P/c1-9(5,6)3-4-10(2,7)8;1-2;1-4(2)3/h3-4H2,1-2H3,(H,5,6)(H,7,8);1-2H;1H3/p+1. The van der Waals surface area contributed by atoms with Gasteiger partial charge in [0, 0.05) is 25.7 Å². The van der Waals surface area contributed by atoms with Gasteiger partial charge in [-0.3, -0.25) is 9.13 Å². The number of hydrogen-bond acceptors (Lipinski definition) is 3. The van der Waals surface area contributed by atoms with Gasteiger partial charge in [0.05, 0.1) is 0 Å². The molecule has 0 aromatic carbocycles. The van der Waals surface area contributed by atoms with Crippen molar-refractivity contribution in [1.82, 2.24) is 0 Å². The van der Waals surface area contributed by atoms with Crippen molar-refractivity contribution in [2.75, 3.05) is 32.3 Å². The smallest absolute Gasteiger partial charge is 0.344 e. The second kappa shape index (κ2) is 10.2. The predicted molar refractivity (Wildman–Crippen MR) is 66.9 cm³/mol. The minimum absolute atomic E-state index is 0.0721. The van der Waals surface area contributed by atoms with Crippen LogP contribution in [0, 0.1) is 12.8 Å². The molecule has 96 valence electrons. The fourth-order valence-corrected chi connectivity index (χ4v) is 3.34. The third kappa shape index (κ3) is 48.3. The number of terminal acetylenes is 1. The summed E-state index contributed by atoms with van der Waals surface area (Å²) < 4.78 is 30.3. The maximum atomic E-state index is 10.6. The van der Waals surface area contributed by atoms with Gasteiger partial charge in [0.2, 0.25) is 0 Å². The Labute approximate surface area is 96.9 Å². The Hall–Kier alpha value is -0.0000000000000000486. The summed E-state index contributed by atoms with van der Waals surface area (Å²) in [4.78, 5) is 25.0. The summed E-state index contributed by atoms with van der Waals surface area (Å²) in [6, 6.07) is 0. The Balaban J connectivity index is -0.000000237. The average molecular weight is 291 g/mol. The first-order chi connectivity index (χ1) is 6.94. The number of hydrogen-bond donors (Lipinski definition) is 3. The summed E-state index contributed by atoms with van der Waals surface area (Å²) in [5.74, 6) is 0. The van der Waals surface area contributed by atoms with Crippen molar-refractivity contribution in [2.45, 2.75) is 0 Å². The Bertz CT molecular complexity index is 272. The Morgan fingerprint density at radius 3 is 1.25 bits per heavy atom. The van der Waals surface area contributed by atoms with Gasteiger partial charge in [0.25, 0.3) is 0 Å². The largest absolute Gasteiger partial charge is 0.502 e. The molecule has 0 aromatic heterocycles. The van der Waals surface area contributed by atoms with E-state index in [1.54, 1.807) is 0 Å². The van der Waals surface area contributed by atoms with Crippen LogP contribution in [-0.4, -0.2) is 47.0 Å². The van der Waals surface area contributed by atoms with Gasteiger partial charge >= 0.3 is 8.03 Å². The van der Waals surface area contributed by atoms with Crippen molar-refractivity contribution in [3.63, 3.8) is 0 Å². The van der Waals surface area contributed by atoms with E-state index in [0.717, 1.165) is 0 Å². The van der Waals surface area contributed by atoms with Crippen LogP contribution in [0.1, 0.15) is 0 Å². The fourth-order valence-electron chi connectivity index (χ4n) is 0.371. The quantitative estimate of drug-likeness (QED) is 0.535. The molecular weight excluding hydrogens is 273 g/mol. The van der Waals surface area contributed by atoms with Gasteiger partial charge in [0.15, 0.2) is 21.4 Å². The van der Waals surface area contributed by atoms with Crippen LogP contribution in [0.25, 0.3) is 0 Å². The Kier molecular flexibility index (Phi) is 13.5. The molecule has 3 unspecified atom stereocenters. The second-order valence-corrected chi connectivity index (χ2v) is 9.04. The summed E-state index contributed by atoms with van der Waals surface area (Å²) >= 11 is 0. The van der Waals surface area contributed by atoms with E-state index in [0.29, 0.717) is 0 Å². The molecule has 0 radical (unpaired) electrons. The Morgan fingerprint density at radius 1 is 1.06 bits per heavy atom. The SMILES string of the molecule is C#C.CP(=O)(O)CCP(C)(=O)O.C[P+](=O)O. The molecule has 0 aliphatic rings. The normalized spacial score (nSPS) is 17.4. The first-order valence-electron chi connectivity index (χ1n) is 3.96. The molecular formula is C7H18O6P3+. The molecule has 0 aliphatic carbocycles. The molecule has 0 fully saturated rings. The summed E-state index contributed by atoms with van der Waals surface area (Å²) in [6.45, 7) is 3.60. The summed E-state index contributed by atoms with van der Waals surface area (Å²) in [6.07, 6.45) is 7.86. The molecule has 0 spiro atoms. The van der Waals surface area contributed by atoms with E-state index in [1.807, 2.05) is 0 Å². The first-order valence-corrected chi connectivity index (χ1v) is 10.2. The number of rotatable bonds is 3. The second-order valence-electron chi connectivity index (χ2n) is 3.01. The van der Waals surface area contributed by atoms with Crippen molar-refractivity contribution in [1.29, 1.82) is 0 Å². The molecule has 0 aromatic rings. The highest BCUT2D eigenvalue weighted by atomic mass is 31.2. The maximum Gasteiger partial charge on any atom is 0.502 e. The molecule has 6 nitrogen and oxygen atoms in total. The molecule has 0 heterocycles. The summed E-state index contributed by atoms with van der Waals surface area (Å²) in [7, 11) is -8.06. The van der Waals surface area contributed by atoms with Crippen LogP contribution in [0.3, 0.4) is 0 Å². The van der Waals surface area contributed by atoms with E-state index in [2.05, 4.69) is 12.8 Å². The van der Waals surface area contributed by atoms with E-state index < -0.39 is 22.8 Å². The van der Waals surface area contributed by atoms with Crippen LogP contribution >= 0.6 is 22.8 Å². The lowest BCUT2D eigenvalue weighted by Crippen LogP contribution is -1.94. The van der Waals surface area contributed by atoms with E-state index >= 15 is 0 Å². The van der Waals surface area contributed by atoms with Crippen molar-refractivity contribution in [3.8, 4) is 12.8 Å². The molecule has 3 atom stereocenters. The maximum absolute atomic E-state index is 10.6. The van der Waals surface area contributed by atoms with Crippen LogP contribution < -0.4 is 0 Å². The highest BCUT2D eigenvalue weighted by molar-refractivity contribution is 7.61. The van der Waals surface area contributed by atoms with Crippen molar-refractivity contribution < 1.29 is 28.4 Å².